The second-order valence-corrected chi connectivity index (χ2v) is 6.36. The van der Waals surface area contributed by atoms with Crippen LogP contribution in [0.15, 0.2) is 48.5 Å². The van der Waals surface area contributed by atoms with Gasteiger partial charge in [-0.3, -0.25) is 0 Å². The van der Waals surface area contributed by atoms with Crippen molar-refractivity contribution in [3.8, 4) is 0 Å². The minimum absolute atomic E-state index is 0.112. The molecule has 0 spiro atoms. The molecule has 3 N–H and O–H groups in total. The quantitative estimate of drug-likeness (QED) is 0.753. The molecule has 132 valence electrons. The third kappa shape index (κ3) is 3.96. The van der Waals surface area contributed by atoms with Crippen molar-refractivity contribution in [3.05, 3.63) is 71.3 Å². The summed E-state index contributed by atoms with van der Waals surface area (Å²) in [6.45, 7) is 0.203. The molecule has 0 heterocycles. The Hall–Kier alpha value is -2.47. The smallest absolute Gasteiger partial charge is 0.314 e. The van der Waals surface area contributed by atoms with Crippen LogP contribution in [0.4, 0.5) is 13.6 Å². The number of halogens is 2. The first-order chi connectivity index (χ1) is 12.0. The Kier molecular flexibility index (Phi) is 4.99. The lowest BCUT2D eigenvalue weighted by atomic mass is 9.95. The highest BCUT2D eigenvalue weighted by atomic mass is 19.1. The average Bonchev–Trinajstić information content (AvgIpc) is 3.39. The van der Waals surface area contributed by atoms with Crippen molar-refractivity contribution in [1.29, 1.82) is 0 Å². The Morgan fingerprint density at radius 2 is 1.68 bits per heavy atom. The SMILES string of the molecule is O=C(NCC(O)c1ccccc1F)NCC1(c2ccccc2F)CC1. The van der Waals surface area contributed by atoms with Gasteiger partial charge in [0.2, 0.25) is 0 Å². The number of hydrogen-bond acceptors (Lipinski definition) is 2. The van der Waals surface area contributed by atoms with Gasteiger partial charge in [0.15, 0.2) is 0 Å². The number of carbonyl (C=O) groups excluding carboxylic acids is 1. The minimum Gasteiger partial charge on any atom is -0.386 e. The van der Waals surface area contributed by atoms with Crippen molar-refractivity contribution >= 4 is 6.03 Å². The summed E-state index contributed by atoms with van der Waals surface area (Å²) in [5, 5.41) is 15.2. The van der Waals surface area contributed by atoms with E-state index >= 15 is 0 Å². The van der Waals surface area contributed by atoms with E-state index in [-0.39, 0.29) is 23.3 Å². The van der Waals surface area contributed by atoms with Gasteiger partial charge in [-0.25, -0.2) is 13.6 Å². The van der Waals surface area contributed by atoms with Gasteiger partial charge in [0, 0.05) is 24.1 Å². The first kappa shape index (κ1) is 17.4. The number of benzene rings is 2. The van der Waals surface area contributed by atoms with Crippen LogP contribution in [0, 0.1) is 11.6 Å². The number of hydrogen-bond donors (Lipinski definition) is 3. The monoisotopic (exact) mass is 346 g/mol. The number of amides is 2. The average molecular weight is 346 g/mol. The predicted molar refractivity (Wildman–Crippen MR) is 90.1 cm³/mol. The van der Waals surface area contributed by atoms with Gasteiger partial charge in [-0.05, 0) is 30.5 Å². The van der Waals surface area contributed by atoms with Gasteiger partial charge >= 0.3 is 6.03 Å². The fourth-order valence-electron chi connectivity index (χ4n) is 2.94. The van der Waals surface area contributed by atoms with E-state index in [1.165, 1.54) is 24.3 Å². The summed E-state index contributed by atoms with van der Waals surface area (Å²) >= 11 is 0. The zero-order chi connectivity index (χ0) is 17.9. The highest BCUT2D eigenvalue weighted by Crippen LogP contribution is 2.48. The highest BCUT2D eigenvalue weighted by molar-refractivity contribution is 5.74. The van der Waals surface area contributed by atoms with E-state index in [1.54, 1.807) is 24.3 Å². The first-order valence-electron chi connectivity index (χ1n) is 8.21. The largest absolute Gasteiger partial charge is 0.386 e. The zero-order valence-corrected chi connectivity index (χ0v) is 13.6. The van der Waals surface area contributed by atoms with Gasteiger partial charge in [0.25, 0.3) is 0 Å². The van der Waals surface area contributed by atoms with Crippen molar-refractivity contribution in [2.24, 2.45) is 0 Å². The first-order valence-corrected chi connectivity index (χ1v) is 8.21. The maximum absolute atomic E-state index is 13.9. The molecule has 3 rings (SSSR count). The molecule has 1 aliphatic carbocycles. The van der Waals surface area contributed by atoms with Crippen molar-refractivity contribution in [3.63, 3.8) is 0 Å². The molecule has 1 saturated carbocycles. The number of nitrogens with one attached hydrogen (secondary N) is 2. The minimum atomic E-state index is -1.13. The van der Waals surface area contributed by atoms with Gasteiger partial charge in [0.1, 0.15) is 11.6 Å². The molecule has 2 amide bonds. The van der Waals surface area contributed by atoms with E-state index in [4.69, 9.17) is 0 Å². The summed E-state index contributed by atoms with van der Waals surface area (Å²) in [6, 6.07) is 12.0. The van der Waals surface area contributed by atoms with Crippen molar-refractivity contribution < 1.29 is 18.7 Å². The molecule has 2 aromatic carbocycles. The molecule has 1 atom stereocenters. The molecule has 0 radical (unpaired) electrons. The number of aliphatic hydroxyl groups is 1. The third-order valence-corrected chi connectivity index (χ3v) is 4.61. The summed E-state index contributed by atoms with van der Waals surface area (Å²) in [4.78, 5) is 11.9. The van der Waals surface area contributed by atoms with Crippen LogP contribution in [0.5, 0.6) is 0 Å². The van der Waals surface area contributed by atoms with E-state index in [9.17, 15) is 18.7 Å². The molecule has 6 heteroatoms. The molecule has 25 heavy (non-hydrogen) atoms. The van der Waals surface area contributed by atoms with Crippen molar-refractivity contribution in [1.82, 2.24) is 10.6 Å². The lowest BCUT2D eigenvalue weighted by Crippen LogP contribution is -2.41. The maximum Gasteiger partial charge on any atom is 0.314 e. The Bertz CT molecular complexity index is 763. The fraction of sp³-hybridized carbons (Fsp3) is 0.316. The molecular formula is C19H20F2N2O2. The van der Waals surface area contributed by atoms with E-state index in [2.05, 4.69) is 10.6 Å². The Balaban J connectivity index is 1.51. The lowest BCUT2D eigenvalue weighted by molar-refractivity contribution is 0.169. The molecule has 0 aliphatic heterocycles. The molecule has 0 bridgehead atoms. The Labute approximate surface area is 144 Å². The van der Waals surface area contributed by atoms with Crippen LogP contribution in [-0.2, 0) is 5.41 Å². The summed E-state index contributed by atoms with van der Waals surface area (Å²) < 4.78 is 27.5. The van der Waals surface area contributed by atoms with Crippen LogP contribution in [-0.4, -0.2) is 24.2 Å². The molecule has 1 fully saturated rings. The number of urea groups is 1. The van der Waals surface area contributed by atoms with E-state index in [1.807, 2.05) is 0 Å². The summed E-state index contributed by atoms with van der Waals surface area (Å²) in [6.07, 6.45) is 0.492. The molecule has 0 aromatic heterocycles. The van der Waals surface area contributed by atoms with Crippen LogP contribution in [0.1, 0.15) is 30.1 Å². The molecular weight excluding hydrogens is 326 g/mol. The fourth-order valence-corrected chi connectivity index (χ4v) is 2.94. The molecule has 2 aromatic rings. The van der Waals surface area contributed by atoms with E-state index in [0.717, 1.165) is 12.8 Å². The lowest BCUT2D eigenvalue weighted by Gasteiger charge is -2.18. The second kappa shape index (κ2) is 7.19. The molecule has 1 unspecified atom stereocenters. The third-order valence-electron chi connectivity index (χ3n) is 4.61. The molecule has 1 aliphatic rings. The van der Waals surface area contributed by atoms with Crippen molar-refractivity contribution in [2.75, 3.05) is 13.1 Å². The normalized spacial score (nSPS) is 16.1. The van der Waals surface area contributed by atoms with Gasteiger partial charge in [-0.2, -0.15) is 0 Å². The van der Waals surface area contributed by atoms with Crippen LogP contribution in [0.3, 0.4) is 0 Å². The Morgan fingerprint density at radius 1 is 1.04 bits per heavy atom. The highest BCUT2D eigenvalue weighted by Gasteiger charge is 2.45. The van der Waals surface area contributed by atoms with Crippen LogP contribution < -0.4 is 10.6 Å². The van der Waals surface area contributed by atoms with Gasteiger partial charge in [-0.15, -0.1) is 0 Å². The van der Waals surface area contributed by atoms with Crippen LogP contribution in [0.2, 0.25) is 0 Å². The van der Waals surface area contributed by atoms with Gasteiger partial charge < -0.3 is 15.7 Å². The summed E-state index contributed by atoms with van der Waals surface area (Å²) in [5.74, 6) is -0.786. The van der Waals surface area contributed by atoms with Gasteiger partial charge in [-0.1, -0.05) is 36.4 Å². The van der Waals surface area contributed by atoms with Crippen LogP contribution in [0.25, 0.3) is 0 Å². The van der Waals surface area contributed by atoms with Gasteiger partial charge in [0.05, 0.1) is 6.10 Å². The zero-order valence-electron chi connectivity index (χ0n) is 13.6. The standard InChI is InChI=1S/C19H20F2N2O2/c20-15-7-3-1-5-13(15)17(24)11-22-18(25)23-12-19(9-10-19)14-6-2-4-8-16(14)21/h1-8,17,24H,9-12H2,(H2,22,23,25). The molecule has 4 nitrogen and oxygen atoms in total. The second-order valence-electron chi connectivity index (χ2n) is 6.36. The number of carbonyl (C=O) groups is 1. The van der Waals surface area contributed by atoms with Crippen molar-refractivity contribution in [2.45, 2.75) is 24.4 Å². The Morgan fingerprint density at radius 3 is 2.32 bits per heavy atom. The number of rotatable bonds is 6. The predicted octanol–water partition coefficient (Wildman–Crippen LogP) is 3.03. The van der Waals surface area contributed by atoms with E-state index in [0.29, 0.717) is 12.1 Å². The van der Waals surface area contributed by atoms with Crippen LogP contribution >= 0.6 is 0 Å². The topological polar surface area (TPSA) is 61.4 Å². The maximum atomic E-state index is 13.9. The summed E-state index contributed by atoms with van der Waals surface area (Å²) in [7, 11) is 0. The molecule has 0 saturated heterocycles. The number of aliphatic hydroxyl groups excluding tert-OH is 1. The summed E-state index contributed by atoms with van der Waals surface area (Å²) in [5.41, 5.74) is 0.391. The van der Waals surface area contributed by atoms with E-state index < -0.39 is 18.0 Å².